The number of hydrogen-bond acceptors (Lipinski definition) is 10. The Morgan fingerprint density at radius 1 is 1.10 bits per heavy atom. The van der Waals surface area contributed by atoms with E-state index in [1.54, 1.807) is 26.8 Å². The van der Waals surface area contributed by atoms with Crippen LogP contribution >= 0.6 is 0 Å². The third-order valence-electron chi connectivity index (χ3n) is 6.10. The molecule has 4 rings (SSSR count). The van der Waals surface area contributed by atoms with Crippen LogP contribution in [0.3, 0.4) is 0 Å². The van der Waals surface area contributed by atoms with Gasteiger partial charge in [0.25, 0.3) is 0 Å². The Labute approximate surface area is 239 Å². The topological polar surface area (TPSA) is 173 Å². The largest absolute Gasteiger partial charge is 0.444 e. The van der Waals surface area contributed by atoms with Crippen LogP contribution in [0.1, 0.15) is 44.9 Å². The zero-order valence-electron chi connectivity index (χ0n) is 23.7. The molecule has 0 saturated carbocycles. The van der Waals surface area contributed by atoms with Gasteiger partial charge in [0, 0.05) is 43.1 Å². The molecular weight excluding hydrogens is 524 g/mol. The van der Waals surface area contributed by atoms with E-state index in [2.05, 4.69) is 47.5 Å². The molecule has 2 amide bonds. The van der Waals surface area contributed by atoms with Crippen molar-refractivity contribution >= 4 is 41.1 Å². The molecule has 1 aliphatic heterocycles. The average Bonchev–Trinajstić information content (AvgIpc) is 3.56. The summed E-state index contributed by atoms with van der Waals surface area (Å²) < 4.78 is 5.46. The number of carbonyl (C=O) groups excluding carboxylic acids is 2. The molecule has 3 aromatic rings. The molecule has 1 atom stereocenters. The third kappa shape index (κ3) is 8.56. The monoisotopic (exact) mass is 560 g/mol. The Balaban J connectivity index is 1.38. The Morgan fingerprint density at radius 2 is 1.85 bits per heavy atom. The molecule has 3 heterocycles. The molecule has 1 aliphatic rings. The second-order valence-electron chi connectivity index (χ2n) is 10.7. The molecule has 216 valence electrons. The Kier molecular flexibility index (Phi) is 9.23. The van der Waals surface area contributed by atoms with Crippen LogP contribution in [0.2, 0.25) is 0 Å². The van der Waals surface area contributed by atoms with Gasteiger partial charge in [-0.1, -0.05) is 12.1 Å². The van der Waals surface area contributed by atoms with Gasteiger partial charge >= 0.3 is 6.09 Å². The van der Waals surface area contributed by atoms with E-state index < -0.39 is 17.7 Å². The molecule has 1 saturated heterocycles. The van der Waals surface area contributed by atoms with E-state index in [-0.39, 0.29) is 5.91 Å². The molecular formula is C28H36N10O3. The number of anilines is 5. The molecule has 0 aliphatic carbocycles. The number of aryl methyl sites for hydroxylation is 1. The third-order valence-corrected chi connectivity index (χ3v) is 6.10. The van der Waals surface area contributed by atoms with Crippen molar-refractivity contribution < 1.29 is 14.3 Å². The number of carbonyl (C=O) groups is 2. The number of aromatic amines is 1. The van der Waals surface area contributed by atoms with E-state index in [9.17, 15) is 9.59 Å². The lowest BCUT2D eigenvalue weighted by atomic mass is 10.1. The zero-order valence-corrected chi connectivity index (χ0v) is 23.7. The van der Waals surface area contributed by atoms with Gasteiger partial charge in [-0.2, -0.15) is 20.3 Å². The van der Waals surface area contributed by atoms with E-state index in [0.29, 0.717) is 55.9 Å². The average molecular weight is 561 g/mol. The smallest absolute Gasteiger partial charge is 0.410 e. The number of nitrogens with zero attached hydrogens (tertiary/aromatic N) is 5. The second-order valence-corrected chi connectivity index (χ2v) is 10.7. The van der Waals surface area contributed by atoms with Crippen molar-refractivity contribution in [1.82, 2.24) is 30.4 Å². The van der Waals surface area contributed by atoms with Crippen LogP contribution in [0.4, 0.5) is 33.9 Å². The van der Waals surface area contributed by atoms with Crippen molar-refractivity contribution in [1.29, 1.82) is 5.26 Å². The number of H-pyrrole nitrogens is 1. The molecule has 0 spiro atoms. The van der Waals surface area contributed by atoms with E-state index in [1.165, 1.54) is 4.90 Å². The highest BCUT2D eigenvalue weighted by atomic mass is 16.6. The highest BCUT2D eigenvalue weighted by Crippen LogP contribution is 2.22. The number of rotatable bonds is 10. The predicted octanol–water partition coefficient (Wildman–Crippen LogP) is 3.99. The zero-order chi connectivity index (χ0) is 29.4. The lowest BCUT2D eigenvalue weighted by Gasteiger charge is -2.28. The van der Waals surface area contributed by atoms with Crippen LogP contribution < -0.4 is 21.3 Å². The standard InChI is InChI=1S/C28H36N10O3/c1-18-16-24(37-36-18)33-23-17-22(34-26(35-23)32-20-9-7-19(8-10-20)11-12-29)30-13-14-31-25(39)21-6-5-15-38(21)27(40)41-28(2,3)4/h7-10,16-17,21H,5-6,11,13-15H2,1-4H3,(H,31,39)(H4,30,32,33,34,35,36,37)/t21-/m0/s1. The fourth-order valence-corrected chi connectivity index (χ4v) is 4.27. The maximum Gasteiger partial charge on any atom is 0.410 e. The van der Waals surface area contributed by atoms with E-state index >= 15 is 0 Å². The summed E-state index contributed by atoms with van der Waals surface area (Å²) in [6, 6.07) is 12.7. The summed E-state index contributed by atoms with van der Waals surface area (Å²) in [5, 5.41) is 28.5. The van der Waals surface area contributed by atoms with Gasteiger partial charge in [-0.25, -0.2) is 4.79 Å². The number of nitrogens with one attached hydrogen (secondary N) is 5. The fraction of sp³-hybridized carbons (Fsp3) is 0.429. The van der Waals surface area contributed by atoms with Gasteiger partial charge in [-0.3, -0.25) is 14.8 Å². The summed E-state index contributed by atoms with van der Waals surface area (Å²) in [7, 11) is 0. The number of hydrogen-bond donors (Lipinski definition) is 5. The molecule has 5 N–H and O–H groups in total. The van der Waals surface area contributed by atoms with Gasteiger partial charge in [-0.05, 0) is 58.2 Å². The van der Waals surface area contributed by atoms with Crippen LogP contribution in [0.15, 0.2) is 36.4 Å². The summed E-state index contributed by atoms with van der Waals surface area (Å²) in [5.41, 5.74) is 1.96. The van der Waals surface area contributed by atoms with Crippen molar-refractivity contribution in [3.8, 4) is 6.07 Å². The number of benzene rings is 1. The molecule has 13 heteroatoms. The van der Waals surface area contributed by atoms with E-state index in [0.717, 1.165) is 23.4 Å². The van der Waals surface area contributed by atoms with Crippen molar-refractivity contribution in [3.05, 3.63) is 47.7 Å². The number of aromatic nitrogens is 4. The van der Waals surface area contributed by atoms with Gasteiger partial charge in [0.05, 0.1) is 12.5 Å². The molecule has 1 aromatic carbocycles. The van der Waals surface area contributed by atoms with Gasteiger partial charge in [0.1, 0.15) is 23.3 Å². The lowest BCUT2D eigenvalue weighted by molar-refractivity contribution is -0.125. The van der Waals surface area contributed by atoms with Crippen LogP contribution in [0.25, 0.3) is 0 Å². The van der Waals surface area contributed by atoms with Crippen LogP contribution in [-0.2, 0) is 16.0 Å². The fourth-order valence-electron chi connectivity index (χ4n) is 4.27. The number of amides is 2. The van der Waals surface area contributed by atoms with Crippen molar-refractivity contribution in [3.63, 3.8) is 0 Å². The van der Waals surface area contributed by atoms with Gasteiger partial charge in [0.15, 0.2) is 5.82 Å². The first-order valence-electron chi connectivity index (χ1n) is 13.5. The van der Waals surface area contributed by atoms with Crippen molar-refractivity contribution in [2.45, 2.75) is 58.6 Å². The molecule has 41 heavy (non-hydrogen) atoms. The quantitative estimate of drug-likeness (QED) is 0.228. The number of nitriles is 1. The van der Waals surface area contributed by atoms with Crippen molar-refractivity contribution in [2.75, 3.05) is 35.6 Å². The Bertz CT molecular complexity index is 1390. The minimum atomic E-state index is -0.625. The summed E-state index contributed by atoms with van der Waals surface area (Å²) in [6.07, 6.45) is 1.21. The molecule has 13 nitrogen and oxygen atoms in total. The van der Waals surface area contributed by atoms with Crippen LogP contribution in [-0.4, -0.2) is 68.3 Å². The summed E-state index contributed by atoms with van der Waals surface area (Å²) in [4.78, 5) is 36.0. The first-order valence-corrected chi connectivity index (χ1v) is 13.5. The normalized spacial score (nSPS) is 14.7. The number of likely N-dealkylation sites (tertiary alicyclic amines) is 1. The second kappa shape index (κ2) is 13.0. The molecule has 1 fully saturated rings. The predicted molar refractivity (Wildman–Crippen MR) is 155 cm³/mol. The lowest BCUT2D eigenvalue weighted by Crippen LogP contribution is -2.48. The molecule has 2 aromatic heterocycles. The van der Waals surface area contributed by atoms with Gasteiger partial charge in [0.2, 0.25) is 11.9 Å². The van der Waals surface area contributed by atoms with E-state index in [1.807, 2.05) is 37.3 Å². The van der Waals surface area contributed by atoms with Crippen LogP contribution in [0, 0.1) is 18.3 Å². The minimum Gasteiger partial charge on any atom is -0.444 e. The number of ether oxygens (including phenoxy) is 1. The van der Waals surface area contributed by atoms with Gasteiger partial charge < -0.3 is 26.0 Å². The Hall–Kier alpha value is -4.86. The maximum absolute atomic E-state index is 12.9. The highest BCUT2D eigenvalue weighted by molar-refractivity contribution is 5.86. The van der Waals surface area contributed by atoms with Crippen LogP contribution in [0.5, 0.6) is 0 Å². The maximum atomic E-state index is 12.9. The summed E-state index contributed by atoms with van der Waals surface area (Å²) in [5.74, 6) is 1.79. The minimum absolute atomic E-state index is 0.212. The summed E-state index contributed by atoms with van der Waals surface area (Å²) >= 11 is 0. The first-order chi connectivity index (χ1) is 19.6. The Morgan fingerprint density at radius 3 is 2.54 bits per heavy atom. The molecule has 0 bridgehead atoms. The first kappa shape index (κ1) is 29.1. The highest BCUT2D eigenvalue weighted by Gasteiger charge is 2.36. The van der Waals surface area contributed by atoms with Gasteiger partial charge in [-0.15, -0.1) is 0 Å². The summed E-state index contributed by atoms with van der Waals surface area (Å²) in [6.45, 7) is 8.53. The molecule has 0 unspecified atom stereocenters. The van der Waals surface area contributed by atoms with Crippen molar-refractivity contribution in [2.24, 2.45) is 0 Å². The van der Waals surface area contributed by atoms with E-state index in [4.69, 9.17) is 10.00 Å². The SMILES string of the molecule is Cc1cc(Nc2cc(NCCNC(=O)[C@@H]3CCCN3C(=O)OC(C)(C)C)nc(Nc3ccc(CC#N)cc3)n2)n[nH]1. The molecule has 0 radical (unpaired) electrons.